The van der Waals surface area contributed by atoms with Gasteiger partial charge in [-0.1, -0.05) is 48.2 Å². The van der Waals surface area contributed by atoms with E-state index < -0.39 is 6.03 Å². The first-order valence-corrected chi connectivity index (χ1v) is 8.79. The van der Waals surface area contributed by atoms with Crippen LogP contribution in [0.5, 0.6) is 0 Å². The molecule has 0 atom stereocenters. The zero-order valence-corrected chi connectivity index (χ0v) is 14.5. The standard InChI is InChI=1S/C18H18N4O2S/c1-12-7-8-14-15(9-12)21-18(20-14)25-11-16(23)22-17(24)19-10-13-5-3-2-4-6-13/h2-9H,10-11H2,1H3,(H,20,21)(H2,19,22,23,24). The molecule has 0 aliphatic heterocycles. The van der Waals surface area contributed by atoms with Crippen LogP contribution in [0.4, 0.5) is 4.79 Å². The van der Waals surface area contributed by atoms with E-state index in [9.17, 15) is 9.59 Å². The third-order valence-electron chi connectivity index (χ3n) is 3.50. The van der Waals surface area contributed by atoms with Crippen molar-refractivity contribution in [1.82, 2.24) is 20.6 Å². The van der Waals surface area contributed by atoms with E-state index in [1.807, 2.05) is 55.5 Å². The van der Waals surface area contributed by atoms with Crippen LogP contribution < -0.4 is 10.6 Å². The first-order valence-electron chi connectivity index (χ1n) is 7.81. The normalized spacial score (nSPS) is 10.6. The number of carbonyl (C=O) groups excluding carboxylic acids is 2. The molecule has 128 valence electrons. The number of nitrogens with zero attached hydrogens (tertiary/aromatic N) is 1. The average molecular weight is 354 g/mol. The van der Waals surface area contributed by atoms with Gasteiger partial charge < -0.3 is 10.3 Å². The van der Waals surface area contributed by atoms with E-state index in [-0.39, 0.29) is 11.7 Å². The zero-order chi connectivity index (χ0) is 17.6. The summed E-state index contributed by atoms with van der Waals surface area (Å²) in [5, 5.41) is 5.62. The molecule has 0 aliphatic rings. The minimum absolute atomic E-state index is 0.109. The molecule has 6 nitrogen and oxygen atoms in total. The van der Waals surface area contributed by atoms with Gasteiger partial charge in [0.25, 0.3) is 0 Å². The summed E-state index contributed by atoms with van der Waals surface area (Å²) in [7, 11) is 0. The number of aromatic amines is 1. The smallest absolute Gasteiger partial charge is 0.321 e. The molecular formula is C18H18N4O2S. The molecule has 3 amide bonds. The number of H-pyrrole nitrogens is 1. The molecule has 3 aromatic rings. The van der Waals surface area contributed by atoms with Crippen molar-refractivity contribution in [3.05, 3.63) is 59.7 Å². The Morgan fingerprint density at radius 1 is 1.16 bits per heavy atom. The Kier molecular flexibility index (Phi) is 5.35. The minimum atomic E-state index is -0.505. The first kappa shape index (κ1) is 17.0. The number of thioether (sulfide) groups is 1. The SMILES string of the molecule is Cc1ccc2nc(SCC(=O)NC(=O)NCc3ccccc3)[nH]c2c1. The lowest BCUT2D eigenvalue weighted by molar-refractivity contribution is -0.117. The highest BCUT2D eigenvalue weighted by Gasteiger charge is 2.10. The second-order valence-corrected chi connectivity index (χ2v) is 6.53. The van der Waals surface area contributed by atoms with Crippen molar-refractivity contribution in [2.75, 3.05) is 5.75 Å². The first-order chi connectivity index (χ1) is 12.1. The molecule has 0 radical (unpaired) electrons. The van der Waals surface area contributed by atoms with Crippen LogP contribution in [0.3, 0.4) is 0 Å². The summed E-state index contributed by atoms with van der Waals surface area (Å²) in [4.78, 5) is 31.2. The third kappa shape index (κ3) is 4.84. The van der Waals surface area contributed by atoms with Gasteiger partial charge >= 0.3 is 6.03 Å². The molecule has 0 aliphatic carbocycles. The summed E-state index contributed by atoms with van der Waals surface area (Å²) in [5.41, 5.74) is 3.90. The molecule has 3 rings (SSSR count). The second-order valence-electron chi connectivity index (χ2n) is 5.57. The molecule has 0 bridgehead atoms. The van der Waals surface area contributed by atoms with Crippen LogP contribution in [0.15, 0.2) is 53.7 Å². The van der Waals surface area contributed by atoms with Crippen molar-refractivity contribution < 1.29 is 9.59 Å². The largest absolute Gasteiger partial charge is 0.334 e. The number of imide groups is 1. The number of carbonyl (C=O) groups is 2. The van der Waals surface area contributed by atoms with E-state index in [4.69, 9.17) is 0 Å². The van der Waals surface area contributed by atoms with Crippen LogP contribution >= 0.6 is 11.8 Å². The van der Waals surface area contributed by atoms with Gasteiger partial charge in [-0.15, -0.1) is 0 Å². The Labute approximate surface area is 149 Å². The van der Waals surface area contributed by atoms with Gasteiger partial charge in [-0.05, 0) is 30.2 Å². The third-order valence-corrected chi connectivity index (χ3v) is 4.38. The van der Waals surface area contributed by atoms with Gasteiger partial charge in [0.1, 0.15) is 0 Å². The molecule has 0 fully saturated rings. The fraction of sp³-hybridized carbons (Fsp3) is 0.167. The maximum absolute atomic E-state index is 11.9. The van der Waals surface area contributed by atoms with Crippen LogP contribution in [0.1, 0.15) is 11.1 Å². The summed E-state index contributed by atoms with van der Waals surface area (Å²) in [6.07, 6.45) is 0. The van der Waals surface area contributed by atoms with E-state index in [2.05, 4.69) is 20.6 Å². The van der Waals surface area contributed by atoms with Crippen molar-refractivity contribution in [2.24, 2.45) is 0 Å². The van der Waals surface area contributed by atoms with Crippen molar-refractivity contribution in [3.8, 4) is 0 Å². The van der Waals surface area contributed by atoms with Crippen molar-refractivity contribution in [3.63, 3.8) is 0 Å². The molecule has 0 spiro atoms. The molecule has 7 heteroatoms. The van der Waals surface area contributed by atoms with Gasteiger partial charge in [-0.25, -0.2) is 9.78 Å². The van der Waals surface area contributed by atoms with Crippen LogP contribution in [0.25, 0.3) is 11.0 Å². The Morgan fingerprint density at radius 3 is 2.76 bits per heavy atom. The number of aryl methyl sites for hydroxylation is 1. The Hall–Kier alpha value is -2.80. The summed E-state index contributed by atoms with van der Waals surface area (Å²) in [6.45, 7) is 2.38. The summed E-state index contributed by atoms with van der Waals surface area (Å²) >= 11 is 1.26. The molecule has 25 heavy (non-hydrogen) atoms. The van der Waals surface area contributed by atoms with Gasteiger partial charge in [0.05, 0.1) is 16.8 Å². The van der Waals surface area contributed by atoms with Gasteiger partial charge in [-0.2, -0.15) is 0 Å². The fourth-order valence-corrected chi connectivity index (χ4v) is 2.97. The summed E-state index contributed by atoms with van der Waals surface area (Å²) in [6, 6.07) is 14.9. The number of fused-ring (bicyclic) bond motifs is 1. The molecule has 0 saturated heterocycles. The number of nitrogens with one attached hydrogen (secondary N) is 3. The van der Waals surface area contributed by atoms with E-state index in [1.165, 1.54) is 11.8 Å². The van der Waals surface area contributed by atoms with Crippen molar-refractivity contribution in [2.45, 2.75) is 18.6 Å². The molecule has 3 N–H and O–H groups in total. The molecular weight excluding hydrogens is 336 g/mol. The van der Waals surface area contributed by atoms with Crippen LogP contribution in [-0.4, -0.2) is 27.7 Å². The van der Waals surface area contributed by atoms with Crippen LogP contribution in [-0.2, 0) is 11.3 Å². The lowest BCUT2D eigenvalue weighted by Gasteiger charge is -2.06. The highest BCUT2D eigenvalue weighted by Crippen LogP contribution is 2.20. The number of hydrogen-bond donors (Lipinski definition) is 3. The number of amides is 3. The number of imidazole rings is 1. The van der Waals surface area contributed by atoms with Crippen LogP contribution in [0.2, 0.25) is 0 Å². The Bertz CT molecular complexity index is 892. The quantitative estimate of drug-likeness (QED) is 0.615. The number of urea groups is 1. The number of benzene rings is 2. The van der Waals surface area contributed by atoms with E-state index in [0.29, 0.717) is 11.7 Å². The lowest BCUT2D eigenvalue weighted by Crippen LogP contribution is -2.39. The van der Waals surface area contributed by atoms with Gasteiger partial charge in [0, 0.05) is 6.54 Å². The highest BCUT2D eigenvalue weighted by molar-refractivity contribution is 7.99. The monoisotopic (exact) mass is 354 g/mol. The number of rotatable bonds is 5. The van der Waals surface area contributed by atoms with Gasteiger partial charge in [-0.3, -0.25) is 10.1 Å². The van der Waals surface area contributed by atoms with E-state index in [0.717, 1.165) is 22.2 Å². The molecule has 0 unspecified atom stereocenters. The fourth-order valence-electron chi connectivity index (χ4n) is 2.29. The van der Waals surface area contributed by atoms with Gasteiger partial charge in [0.15, 0.2) is 5.16 Å². The predicted molar refractivity (Wildman–Crippen MR) is 98.4 cm³/mol. The maximum Gasteiger partial charge on any atom is 0.321 e. The summed E-state index contributed by atoms with van der Waals surface area (Å²) < 4.78 is 0. The Morgan fingerprint density at radius 2 is 1.96 bits per heavy atom. The average Bonchev–Trinajstić information content (AvgIpc) is 3.01. The van der Waals surface area contributed by atoms with E-state index >= 15 is 0 Å². The van der Waals surface area contributed by atoms with Crippen LogP contribution in [0, 0.1) is 6.92 Å². The maximum atomic E-state index is 11.9. The highest BCUT2D eigenvalue weighted by atomic mass is 32.2. The molecule has 0 saturated carbocycles. The van der Waals surface area contributed by atoms with Crippen molar-refractivity contribution >= 4 is 34.7 Å². The number of aromatic nitrogens is 2. The zero-order valence-electron chi connectivity index (χ0n) is 13.7. The summed E-state index contributed by atoms with van der Waals surface area (Å²) in [5.74, 6) is -0.260. The molecule has 1 aromatic heterocycles. The Balaban J connectivity index is 1.46. The lowest BCUT2D eigenvalue weighted by atomic mass is 10.2. The molecule has 2 aromatic carbocycles. The van der Waals surface area contributed by atoms with Crippen molar-refractivity contribution in [1.29, 1.82) is 0 Å². The molecule has 1 heterocycles. The topological polar surface area (TPSA) is 86.9 Å². The minimum Gasteiger partial charge on any atom is -0.334 e. The predicted octanol–water partition coefficient (Wildman–Crippen LogP) is 2.99. The van der Waals surface area contributed by atoms with Gasteiger partial charge in [0.2, 0.25) is 5.91 Å². The second kappa shape index (κ2) is 7.85. The van der Waals surface area contributed by atoms with E-state index in [1.54, 1.807) is 0 Å². The number of hydrogen-bond acceptors (Lipinski definition) is 4.